The molecule has 2 N–H and O–H groups in total. The second-order valence-corrected chi connectivity index (χ2v) is 7.20. The van der Waals surface area contributed by atoms with Gasteiger partial charge in [-0.3, -0.25) is 4.79 Å². The third-order valence-electron chi connectivity index (χ3n) is 5.13. The van der Waals surface area contributed by atoms with Gasteiger partial charge >= 0.3 is 0 Å². The molecule has 1 aromatic carbocycles. The first kappa shape index (κ1) is 24.7. The second-order valence-electron chi connectivity index (χ2n) is 7.20. The lowest BCUT2D eigenvalue weighted by atomic mass is 10.1. The molecule has 8 nitrogen and oxygen atoms in total. The van der Waals surface area contributed by atoms with E-state index in [1.807, 2.05) is 31.2 Å². The highest BCUT2D eigenvalue weighted by atomic mass is 127. The molecular formula is C21H33IN4O4. The van der Waals surface area contributed by atoms with Gasteiger partial charge in [0, 0.05) is 32.8 Å². The topological polar surface area (TPSA) is 84.4 Å². The lowest BCUT2D eigenvalue weighted by Gasteiger charge is -2.37. The van der Waals surface area contributed by atoms with Gasteiger partial charge in [-0.05, 0) is 37.5 Å². The number of ether oxygens (including phenoxy) is 3. The van der Waals surface area contributed by atoms with Gasteiger partial charge in [0.15, 0.2) is 5.96 Å². The molecule has 2 fully saturated rings. The number of methoxy groups -OCH3 is 1. The Morgan fingerprint density at radius 1 is 1.20 bits per heavy atom. The van der Waals surface area contributed by atoms with Gasteiger partial charge in [-0.2, -0.15) is 0 Å². The highest BCUT2D eigenvalue weighted by Gasteiger charge is 2.32. The van der Waals surface area contributed by atoms with Crippen LogP contribution in [0.25, 0.3) is 0 Å². The number of halogens is 1. The first-order valence-corrected chi connectivity index (χ1v) is 10.4. The van der Waals surface area contributed by atoms with Gasteiger partial charge in [-0.1, -0.05) is 12.1 Å². The summed E-state index contributed by atoms with van der Waals surface area (Å²) >= 11 is 0. The maximum absolute atomic E-state index is 12.3. The van der Waals surface area contributed by atoms with Crippen LogP contribution in [-0.2, 0) is 20.8 Å². The SMILES string of the molecule is CCNC(=NCC(=O)NCc1ccc(OC)cc1)N1CCOC(C2CCCO2)C1.I. The summed E-state index contributed by atoms with van der Waals surface area (Å²) in [6, 6.07) is 7.63. The molecule has 2 saturated heterocycles. The Morgan fingerprint density at radius 2 is 1.97 bits per heavy atom. The smallest absolute Gasteiger partial charge is 0.242 e. The van der Waals surface area contributed by atoms with Crippen LogP contribution in [0.2, 0.25) is 0 Å². The molecule has 30 heavy (non-hydrogen) atoms. The van der Waals surface area contributed by atoms with E-state index in [4.69, 9.17) is 14.2 Å². The number of carbonyl (C=O) groups is 1. The number of nitrogens with zero attached hydrogens (tertiary/aromatic N) is 2. The van der Waals surface area contributed by atoms with E-state index in [0.717, 1.165) is 56.4 Å². The van der Waals surface area contributed by atoms with E-state index in [2.05, 4.69) is 20.5 Å². The number of hydrogen-bond donors (Lipinski definition) is 2. The first-order chi connectivity index (χ1) is 14.2. The van der Waals surface area contributed by atoms with Crippen molar-refractivity contribution in [1.82, 2.24) is 15.5 Å². The number of morpholine rings is 1. The summed E-state index contributed by atoms with van der Waals surface area (Å²) in [5, 5.41) is 6.20. The number of nitrogens with one attached hydrogen (secondary N) is 2. The maximum atomic E-state index is 12.3. The maximum Gasteiger partial charge on any atom is 0.242 e. The number of carbonyl (C=O) groups excluding carboxylic acids is 1. The molecule has 0 bridgehead atoms. The van der Waals surface area contributed by atoms with Crippen LogP contribution in [0.5, 0.6) is 5.75 Å². The summed E-state index contributed by atoms with van der Waals surface area (Å²) < 4.78 is 16.8. The van der Waals surface area contributed by atoms with E-state index < -0.39 is 0 Å². The summed E-state index contributed by atoms with van der Waals surface area (Å²) in [6.07, 6.45) is 2.35. The van der Waals surface area contributed by atoms with Crippen molar-refractivity contribution in [2.75, 3.05) is 46.5 Å². The van der Waals surface area contributed by atoms with E-state index in [-0.39, 0.29) is 48.6 Å². The number of hydrogen-bond acceptors (Lipinski definition) is 5. The van der Waals surface area contributed by atoms with Crippen molar-refractivity contribution in [2.45, 2.75) is 38.5 Å². The molecule has 9 heteroatoms. The average molecular weight is 532 g/mol. The van der Waals surface area contributed by atoms with Gasteiger partial charge in [0.2, 0.25) is 5.91 Å². The molecule has 1 aromatic rings. The van der Waals surface area contributed by atoms with Crippen molar-refractivity contribution in [3.05, 3.63) is 29.8 Å². The Hall–Kier alpha value is -1.59. The van der Waals surface area contributed by atoms with Crippen molar-refractivity contribution < 1.29 is 19.0 Å². The third kappa shape index (κ3) is 7.28. The van der Waals surface area contributed by atoms with Crippen LogP contribution >= 0.6 is 24.0 Å². The van der Waals surface area contributed by atoms with Crippen molar-refractivity contribution in [3.63, 3.8) is 0 Å². The predicted molar refractivity (Wildman–Crippen MR) is 127 cm³/mol. The number of amides is 1. The largest absolute Gasteiger partial charge is 0.497 e. The Bertz CT molecular complexity index is 680. The van der Waals surface area contributed by atoms with Crippen molar-refractivity contribution in [1.29, 1.82) is 0 Å². The molecule has 1 amide bonds. The minimum atomic E-state index is -0.111. The zero-order valence-electron chi connectivity index (χ0n) is 17.8. The zero-order valence-corrected chi connectivity index (χ0v) is 20.1. The molecule has 3 rings (SSSR count). The monoisotopic (exact) mass is 532 g/mol. The lowest BCUT2D eigenvalue weighted by Crippen LogP contribution is -2.53. The molecule has 0 aliphatic carbocycles. The summed E-state index contributed by atoms with van der Waals surface area (Å²) in [4.78, 5) is 19.0. The molecule has 2 heterocycles. The zero-order chi connectivity index (χ0) is 20.5. The molecule has 2 unspecified atom stereocenters. The summed E-state index contributed by atoms with van der Waals surface area (Å²) in [5.41, 5.74) is 1.02. The fourth-order valence-electron chi connectivity index (χ4n) is 3.56. The van der Waals surface area contributed by atoms with Gasteiger partial charge in [-0.15, -0.1) is 24.0 Å². The highest BCUT2D eigenvalue weighted by molar-refractivity contribution is 14.0. The van der Waals surface area contributed by atoms with E-state index >= 15 is 0 Å². The minimum Gasteiger partial charge on any atom is -0.497 e. The molecule has 0 saturated carbocycles. The van der Waals surface area contributed by atoms with Crippen LogP contribution in [0.4, 0.5) is 0 Å². The normalized spacial score (nSPS) is 21.7. The molecule has 2 aliphatic rings. The molecule has 2 atom stereocenters. The summed E-state index contributed by atoms with van der Waals surface area (Å²) in [6.45, 7) is 6.25. The lowest BCUT2D eigenvalue weighted by molar-refractivity contribution is -0.119. The molecule has 2 aliphatic heterocycles. The van der Waals surface area contributed by atoms with Gasteiger partial charge in [0.1, 0.15) is 18.4 Å². The van der Waals surface area contributed by atoms with Crippen LogP contribution in [0.1, 0.15) is 25.3 Å². The molecular weight excluding hydrogens is 499 g/mol. The standard InChI is InChI=1S/C21H32N4O4.HI/c1-3-22-21(25-10-12-29-19(15-25)18-5-4-11-28-18)24-14-20(26)23-13-16-6-8-17(27-2)9-7-16;/h6-9,18-19H,3-5,10-15H2,1-2H3,(H,22,24)(H,23,26);1H. The number of rotatable bonds is 7. The highest BCUT2D eigenvalue weighted by Crippen LogP contribution is 2.21. The summed E-state index contributed by atoms with van der Waals surface area (Å²) in [7, 11) is 1.63. The molecule has 0 spiro atoms. The Labute approximate surface area is 195 Å². The number of guanidine groups is 1. The van der Waals surface area contributed by atoms with Crippen LogP contribution in [0.15, 0.2) is 29.3 Å². The second kappa shape index (κ2) is 13.0. The van der Waals surface area contributed by atoms with Gasteiger partial charge < -0.3 is 29.7 Å². The van der Waals surface area contributed by atoms with E-state index in [1.165, 1.54) is 0 Å². The van der Waals surface area contributed by atoms with E-state index in [1.54, 1.807) is 7.11 Å². The van der Waals surface area contributed by atoms with Gasteiger partial charge in [0.05, 0.1) is 19.8 Å². The van der Waals surface area contributed by atoms with Gasteiger partial charge in [-0.25, -0.2) is 4.99 Å². The first-order valence-electron chi connectivity index (χ1n) is 10.4. The Kier molecular flexibility index (Phi) is 10.7. The van der Waals surface area contributed by atoms with E-state index in [9.17, 15) is 4.79 Å². The van der Waals surface area contributed by atoms with Crippen molar-refractivity contribution >= 4 is 35.8 Å². The van der Waals surface area contributed by atoms with E-state index in [0.29, 0.717) is 13.2 Å². The fourth-order valence-corrected chi connectivity index (χ4v) is 3.56. The van der Waals surface area contributed by atoms with Crippen LogP contribution in [0, 0.1) is 0 Å². The summed E-state index contributed by atoms with van der Waals surface area (Å²) in [5.74, 6) is 1.44. The average Bonchev–Trinajstić information content (AvgIpc) is 3.30. The number of aliphatic imine (C=N–C) groups is 1. The van der Waals surface area contributed by atoms with Crippen molar-refractivity contribution in [2.24, 2.45) is 4.99 Å². The molecule has 168 valence electrons. The van der Waals surface area contributed by atoms with Crippen LogP contribution in [-0.4, -0.2) is 75.5 Å². The molecule has 0 aromatic heterocycles. The number of benzene rings is 1. The predicted octanol–water partition coefficient (Wildman–Crippen LogP) is 1.77. The Morgan fingerprint density at radius 3 is 2.63 bits per heavy atom. The quantitative estimate of drug-likeness (QED) is 0.317. The van der Waals surface area contributed by atoms with Crippen LogP contribution in [0.3, 0.4) is 0 Å². The molecule has 0 radical (unpaired) electrons. The van der Waals surface area contributed by atoms with Crippen molar-refractivity contribution in [3.8, 4) is 5.75 Å². The minimum absolute atomic E-state index is 0. The van der Waals surface area contributed by atoms with Gasteiger partial charge in [0.25, 0.3) is 0 Å². The fraction of sp³-hybridized carbons (Fsp3) is 0.619. The van der Waals surface area contributed by atoms with Crippen LogP contribution < -0.4 is 15.4 Å². The Balaban J connectivity index is 0.00000320. The third-order valence-corrected chi connectivity index (χ3v) is 5.13.